The van der Waals surface area contributed by atoms with Gasteiger partial charge in [-0.05, 0) is 38.9 Å². The zero-order chi connectivity index (χ0) is 12.0. The van der Waals surface area contributed by atoms with Crippen LogP contribution in [0.25, 0.3) is 0 Å². The van der Waals surface area contributed by atoms with Gasteiger partial charge in [0.05, 0.1) is 6.54 Å². The van der Waals surface area contributed by atoms with E-state index in [1.54, 1.807) is 0 Å². The van der Waals surface area contributed by atoms with E-state index in [1.165, 1.54) is 0 Å². The number of nitrogens with one attached hydrogen (secondary N) is 2. The number of hydrogen-bond acceptors (Lipinski definition) is 3. The van der Waals surface area contributed by atoms with Crippen molar-refractivity contribution in [2.75, 3.05) is 33.2 Å². The van der Waals surface area contributed by atoms with E-state index < -0.39 is 0 Å². The van der Waals surface area contributed by atoms with Crippen molar-refractivity contribution in [2.24, 2.45) is 5.92 Å². The van der Waals surface area contributed by atoms with Crippen LogP contribution >= 0.6 is 12.4 Å². The third-order valence-corrected chi connectivity index (χ3v) is 3.03. The third-order valence-electron chi connectivity index (χ3n) is 3.03. The molecule has 1 saturated heterocycles. The van der Waals surface area contributed by atoms with E-state index in [-0.39, 0.29) is 18.3 Å². The highest BCUT2D eigenvalue weighted by Gasteiger charge is 2.19. The molecule has 0 aliphatic carbocycles. The van der Waals surface area contributed by atoms with Crippen LogP contribution in [0.2, 0.25) is 0 Å². The van der Waals surface area contributed by atoms with Crippen molar-refractivity contribution in [1.82, 2.24) is 15.5 Å². The second-order valence-electron chi connectivity index (χ2n) is 5.09. The van der Waals surface area contributed by atoms with Crippen molar-refractivity contribution in [2.45, 2.75) is 32.7 Å². The summed E-state index contributed by atoms with van der Waals surface area (Å²) in [6.07, 6.45) is 2.29. The second kappa shape index (κ2) is 8.72. The minimum absolute atomic E-state index is 0. The molecule has 1 fully saturated rings. The van der Waals surface area contributed by atoms with Crippen LogP contribution in [0, 0.1) is 5.92 Å². The molecule has 0 unspecified atom stereocenters. The standard InChI is InChI=1S/C12H25N3O.ClH/c1-10(2)8-14-12(16)9-15(3)11-4-6-13-7-5-11;/h10-11,13H,4-9H2,1-3H3,(H,14,16);1H. The van der Waals surface area contributed by atoms with E-state index in [1.807, 2.05) is 7.05 Å². The lowest BCUT2D eigenvalue weighted by atomic mass is 10.1. The Morgan fingerprint density at radius 3 is 2.53 bits per heavy atom. The van der Waals surface area contributed by atoms with Crippen molar-refractivity contribution in [3.63, 3.8) is 0 Å². The summed E-state index contributed by atoms with van der Waals surface area (Å²) >= 11 is 0. The van der Waals surface area contributed by atoms with Crippen LogP contribution in [-0.2, 0) is 4.79 Å². The zero-order valence-corrected chi connectivity index (χ0v) is 12.0. The second-order valence-corrected chi connectivity index (χ2v) is 5.09. The van der Waals surface area contributed by atoms with Crippen LogP contribution in [0.15, 0.2) is 0 Å². The monoisotopic (exact) mass is 263 g/mol. The molecule has 102 valence electrons. The summed E-state index contributed by atoms with van der Waals surface area (Å²) in [5.41, 5.74) is 0. The summed E-state index contributed by atoms with van der Waals surface area (Å²) in [5.74, 6) is 0.669. The van der Waals surface area contributed by atoms with E-state index in [9.17, 15) is 4.79 Å². The molecule has 1 amide bonds. The molecular weight excluding hydrogens is 238 g/mol. The smallest absolute Gasteiger partial charge is 0.234 e. The summed E-state index contributed by atoms with van der Waals surface area (Å²) in [6.45, 7) is 7.66. The first kappa shape index (κ1) is 16.7. The fourth-order valence-electron chi connectivity index (χ4n) is 1.98. The molecule has 1 heterocycles. The average Bonchev–Trinajstić information content (AvgIpc) is 2.27. The van der Waals surface area contributed by atoms with Crippen LogP contribution in [0.4, 0.5) is 0 Å². The van der Waals surface area contributed by atoms with Crippen molar-refractivity contribution in [3.8, 4) is 0 Å². The van der Waals surface area contributed by atoms with Crippen molar-refractivity contribution < 1.29 is 4.79 Å². The third kappa shape index (κ3) is 6.86. The van der Waals surface area contributed by atoms with Crippen LogP contribution in [0.3, 0.4) is 0 Å². The van der Waals surface area contributed by atoms with Gasteiger partial charge in [0.15, 0.2) is 0 Å². The average molecular weight is 264 g/mol. The number of halogens is 1. The lowest BCUT2D eigenvalue weighted by Gasteiger charge is -2.31. The first-order valence-electron chi connectivity index (χ1n) is 6.27. The Hall–Kier alpha value is -0.320. The fourth-order valence-corrected chi connectivity index (χ4v) is 1.98. The number of amides is 1. The number of nitrogens with zero attached hydrogens (tertiary/aromatic N) is 1. The molecule has 0 aromatic rings. The van der Waals surface area contributed by atoms with E-state index in [0.29, 0.717) is 18.5 Å². The van der Waals surface area contributed by atoms with Gasteiger partial charge in [0.2, 0.25) is 5.91 Å². The van der Waals surface area contributed by atoms with E-state index >= 15 is 0 Å². The molecule has 0 aromatic heterocycles. The van der Waals surface area contributed by atoms with Crippen LogP contribution in [0.5, 0.6) is 0 Å². The summed E-state index contributed by atoms with van der Waals surface area (Å²) in [6, 6.07) is 0.561. The number of piperidine rings is 1. The Kier molecular flexibility index (Phi) is 8.56. The first-order chi connectivity index (χ1) is 7.59. The van der Waals surface area contributed by atoms with Crippen molar-refractivity contribution in [3.05, 3.63) is 0 Å². The fraction of sp³-hybridized carbons (Fsp3) is 0.917. The van der Waals surface area contributed by atoms with Gasteiger partial charge in [-0.3, -0.25) is 9.69 Å². The first-order valence-corrected chi connectivity index (χ1v) is 6.27. The molecule has 0 aromatic carbocycles. The Labute approximate surface area is 111 Å². The molecule has 0 saturated carbocycles. The minimum atomic E-state index is 0. The normalized spacial score (nSPS) is 17.0. The van der Waals surface area contributed by atoms with Crippen molar-refractivity contribution in [1.29, 1.82) is 0 Å². The minimum Gasteiger partial charge on any atom is -0.355 e. The van der Waals surface area contributed by atoms with Gasteiger partial charge >= 0.3 is 0 Å². The number of likely N-dealkylation sites (N-methyl/N-ethyl adjacent to an activating group) is 1. The van der Waals surface area contributed by atoms with Gasteiger partial charge < -0.3 is 10.6 Å². The maximum Gasteiger partial charge on any atom is 0.234 e. The summed E-state index contributed by atoms with van der Waals surface area (Å²) < 4.78 is 0. The largest absolute Gasteiger partial charge is 0.355 e. The summed E-state index contributed by atoms with van der Waals surface area (Å²) in [5, 5.41) is 6.29. The van der Waals surface area contributed by atoms with Crippen LogP contribution in [0.1, 0.15) is 26.7 Å². The highest BCUT2D eigenvalue weighted by atomic mass is 35.5. The lowest BCUT2D eigenvalue weighted by molar-refractivity contribution is -0.122. The molecule has 1 aliphatic heterocycles. The van der Waals surface area contributed by atoms with Crippen molar-refractivity contribution >= 4 is 18.3 Å². The summed E-state index contributed by atoms with van der Waals surface area (Å²) in [7, 11) is 2.05. The lowest BCUT2D eigenvalue weighted by Crippen LogP contribution is -2.45. The molecule has 5 heteroatoms. The number of rotatable bonds is 5. The van der Waals surface area contributed by atoms with Gasteiger partial charge in [0, 0.05) is 12.6 Å². The van der Waals surface area contributed by atoms with Crippen LogP contribution < -0.4 is 10.6 Å². The van der Waals surface area contributed by atoms with Gasteiger partial charge in [0.1, 0.15) is 0 Å². The van der Waals surface area contributed by atoms with Gasteiger partial charge in [0.25, 0.3) is 0 Å². The predicted octanol–water partition coefficient (Wildman–Crippen LogP) is 0.864. The molecule has 0 spiro atoms. The Bertz CT molecular complexity index is 218. The molecule has 0 radical (unpaired) electrons. The van der Waals surface area contributed by atoms with Gasteiger partial charge in [-0.2, -0.15) is 0 Å². The molecule has 4 nitrogen and oxygen atoms in total. The molecule has 17 heavy (non-hydrogen) atoms. The molecular formula is C12H26ClN3O. The Morgan fingerprint density at radius 1 is 1.41 bits per heavy atom. The highest BCUT2D eigenvalue weighted by molar-refractivity contribution is 5.85. The topological polar surface area (TPSA) is 44.4 Å². The Balaban J connectivity index is 0.00000256. The molecule has 1 rings (SSSR count). The molecule has 2 N–H and O–H groups in total. The van der Waals surface area contributed by atoms with E-state index in [2.05, 4.69) is 29.4 Å². The van der Waals surface area contributed by atoms with Crippen LogP contribution in [-0.4, -0.2) is 50.1 Å². The maximum absolute atomic E-state index is 11.6. The SMILES string of the molecule is CC(C)CNC(=O)CN(C)C1CCNCC1.Cl. The zero-order valence-electron chi connectivity index (χ0n) is 11.2. The van der Waals surface area contributed by atoms with E-state index in [4.69, 9.17) is 0 Å². The molecule has 0 bridgehead atoms. The Morgan fingerprint density at radius 2 is 2.00 bits per heavy atom. The quantitative estimate of drug-likeness (QED) is 0.774. The van der Waals surface area contributed by atoms with E-state index in [0.717, 1.165) is 32.5 Å². The number of carbonyl (C=O) groups excluding carboxylic acids is 1. The molecule has 0 atom stereocenters. The highest BCUT2D eigenvalue weighted by Crippen LogP contribution is 2.08. The number of carbonyl (C=O) groups is 1. The number of hydrogen-bond donors (Lipinski definition) is 2. The van der Waals surface area contributed by atoms with Gasteiger partial charge in [-0.25, -0.2) is 0 Å². The maximum atomic E-state index is 11.6. The summed E-state index contributed by atoms with van der Waals surface area (Å²) in [4.78, 5) is 13.8. The predicted molar refractivity (Wildman–Crippen MR) is 73.6 cm³/mol. The van der Waals surface area contributed by atoms with Gasteiger partial charge in [-0.15, -0.1) is 12.4 Å². The van der Waals surface area contributed by atoms with Gasteiger partial charge in [-0.1, -0.05) is 13.8 Å². The molecule has 1 aliphatic rings.